The molecular formula is C46H56N8O8. The number of aliphatic hydroxyl groups is 1. The molecule has 3 amide bonds. The van der Waals surface area contributed by atoms with Crippen LogP contribution in [0.2, 0.25) is 0 Å². The summed E-state index contributed by atoms with van der Waals surface area (Å²) in [6.45, 7) is 1.86. The van der Waals surface area contributed by atoms with Gasteiger partial charge in [-0.15, -0.1) is 0 Å². The normalized spacial score (nSPS) is 15.7. The van der Waals surface area contributed by atoms with Gasteiger partial charge in [0.2, 0.25) is 5.91 Å². The van der Waals surface area contributed by atoms with Gasteiger partial charge in [-0.2, -0.15) is 0 Å². The number of hydrogen-bond donors (Lipinski definition) is 6. The van der Waals surface area contributed by atoms with Crippen molar-refractivity contribution in [1.29, 1.82) is 0 Å². The molecule has 62 heavy (non-hydrogen) atoms. The Balaban J connectivity index is 0.978. The molecule has 0 aliphatic carbocycles. The molecule has 16 nitrogen and oxygen atoms in total. The van der Waals surface area contributed by atoms with Crippen LogP contribution in [0.3, 0.4) is 0 Å². The van der Waals surface area contributed by atoms with E-state index in [2.05, 4.69) is 91.3 Å². The number of H-pyrrole nitrogens is 2. The molecule has 0 spiro atoms. The number of aromatic nitrogens is 4. The number of ether oxygens (including phenoxy) is 4. The minimum atomic E-state index is -0.942. The van der Waals surface area contributed by atoms with Gasteiger partial charge in [-0.05, 0) is 102 Å². The topological polar surface area (TPSA) is 205 Å². The van der Waals surface area contributed by atoms with Gasteiger partial charge in [-0.3, -0.25) is 9.69 Å². The number of hydrogen-bond acceptors (Lipinski definition) is 11. The second-order valence-electron chi connectivity index (χ2n) is 15.6. The molecule has 6 N–H and O–H groups in total. The number of aromatic amines is 2. The first-order valence-electron chi connectivity index (χ1n) is 21.1. The van der Waals surface area contributed by atoms with E-state index in [0.717, 1.165) is 98.8 Å². The van der Waals surface area contributed by atoms with E-state index in [9.17, 15) is 19.5 Å². The number of aliphatic hydroxyl groups excluding tert-OH is 1. The molecule has 1 saturated heterocycles. The predicted molar refractivity (Wildman–Crippen MR) is 236 cm³/mol. The molecule has 7 rings (SSSR count). The van der Waals surface area contributed by atoms with Gasteiger partial charge in [0.05, 0.1) is 48.4 Å². The Morgan fingerprint density at radius 1 is 0.758 bits per heavy atom. The van der Waals surface area contributed by atoms with Crippen LogP contribution in [-0.4, -0.2) is 121 Å². The number of fused-ring (bicyclic) bond motifs is 3. The number of nitrogens with zero attached hydrogens (tertiary/aromatic N) is 3. The average Bonchev–Trinajstić information content (AvgIpc) is 4.06. The monoisotopic (exact) mass is 848 g/mol. The fourth-order valence-electron chi connectivity index (χ4n) is 8.17. The largest absolute Gasteiger partial charge is 0.453 e. The number of amides is 3. The van der Waals surface area contributed by atoms with Gasteiger partial charge in [-0.1, -0.05) is 36.4 Å². The lowest BCUT2D eigenvalue weighted by atomic mass is 9.97. The molecule has 4 atom stereocenters. The van der Waals surface area contributed by atoms with Crippen molar-refractivity contribution >= 4 is 50.9 Å². The fourth-order valence-corrected chi connectivity index (χ4v) is 8.17. The van der Waals surface area contributed by atoms with Gasteiger partial charge in [0.15, 0.2) is 0 Å². The van der Waals surface area contributed by atoms with Gasteiger partial charge in [-0.25, -0.2) is 19.6 Å². The van der Waals surface area contributed by atoms with Gasteiger partial charge in [0.25, 0.3) is 0 Å². The minimum absolute atomic E-state index is 0.139. The summed E-state index contributed by atoms with van der Waals surface area (Å²) in [5.74, 6) is 1.40. The van der Waals surface area contributed by atoms with Crippen LogP contribution in [0.1, 0.15) is 56.2 Å². The predicted octanol–water partition coefficient (Wildman–Crippen LogP) is 6.34. The highest BCUT2D eigenvalue weighted by molar-refractivity contribution is 5.93. The second-order valence-corrected chi connectivity index (χ2v) is 15.6. The van der Waals surface area contributed by atoms with E-state index in [4.69, 9.17) is 24.2 Å². The summed E-state index contributed by atoms with van der Waals surface area (Å²) in [6, 6.07) is 24.1. The first-order valence-corrected chi connectivity index (χ1v) is 21.1. The SMILES string of the molecule is COCCC(NC(=O)OC)C(=O)NCCCCc1nc2ccc(-c3ccc4cc(-c5ccc6nc(C7CCCN7C(O)C(CCOC)NC(=O)OC)[nH]c6c5)ccc4c3)cc2[nH]1. The van der Waals surface area contributed by atoms with Crippen LogP contribution < -0.4 is 16.0 Å². The van der Waals surface area contributed by atoms with Crippen LogP contribution in [0.15, 0.2) is 72.8 Å². The molecule has 4 unspecified atom stereocenters. The number of methoxy groups -OCH3 is 4. The lowest BCUT2D eigenvalue weighted by Crippen LogP contribution is -2.52. The van der Waals surface area contributed by atoms with Crippen LogP contribution in [0.4, 0.5) is 9.59 Å². The quantitative estimate of drug-likeness (QED) is 0.0496. The Labute approximate surface area is 360 Å². The molecule has 4 aromatic carbocycles. The third-order valence-corrected chi connectivity index (χ3v) is 11.5. The number of likely N-dealkylation sites (tertiary alicyclic amines) is 1. The molecule has 1 aliphatic rings. The van der Waals surface area contributed by atoms with Crippen LogP contribution >= 0.6 is 0 Å². The maximum absolute atomic E-state index is 12.6. The molecular weight excluding hydrogens is 793 g/mol. The summed E-state index contributed by atoms with van der Waals surface area (Å²) in [5, 5.41) is 21.9. The van der Waals surface area contributed by atoms with E-state index >= 15 is 0 Å². The number of carbonyl (C=O) groups is 3. The number of nitrogens with one attached hydrogen (secondary N) is 5. The zero-order valence-corrected chi connectivity index (χ0v) is 35.7. The van der Waals surface area contributed by atoms with Crippen molar-refractivity contribution in [3.63, 3.8) is 0 Å². The number of rotatable bonds is 19. The summed E-state index contributed by atoms with van der Waals surface area (Å²) < 4.78 is 19.8. The molecule has 0 saturated carbocycles. The molecule has 328 valence electrons. The fraction of sp³-hybridized carbons (Fsp3) is 0.413. The smallest absolute Gasteiger partial charge is 0.407 e. The molecule has 0 radical (unpaired) electrons. The Hall–Kier alpha value is -6.07. The maximum atomic E-state index is 12.6. The van der Waals surface area contributed by atoms with E-state index in [1.54, 1.807) is 14.2 Å². The van der Waals surface area contributed by atoms with Crippen molar-refractivity contribution < 1.29 is 38.4 Å². The van der Waals surface area contributed by atoms with Gasteiger partial charge >= 0.3 is 12.2 Å². The summed E-state index contributed by atoms with van der Waals surface area (Å²) in [5.41, 5.74) is 7.97. The highest BCUT2D eigenvalue weighted by Crippen LogP contribution is 2.35. The number of aryl methyl sites for hydroxylation is 1. The summed E-state index contributed by atoms with van der Waals surface area (Å²) in [6.07, 6.45) is 2.61. The Morgan fingerprint density at radius 3 is 2.02 bits per heavy atom. The molecule has 2 aromatic heterocycles. The van der Waals surface area contributed by atoms with Crippen molar-refractivity contribution in [2.75, 3.05) is 54.7 Å². The van der Waals surface area contributed by atoms with E-state index < -0.39 is 30.5 Å². The second kappa shape index (κ2) is 20.7. The Bertz CT molecular complexity index is 2490. The molecule has 3 heterocycles. The zero-order chi connectivity index (χ0) is 43.6. The molecule has 0 bridgehead atoms. The van der Waals surface area contributed by atoms with Crippen molar-refractivity contribution in [3.8, 4) is 22.3 Å². The first-order chi connectivity index (χ1) is 30.2. The summed E-state index contributed by atoms with van der Waals surface area (Å²) >= 11 is 0. The van der Waals surface area contributed by atoms with Crippen LogP contribution in [0.25, 0.3) is 55.1 Å². The lowest BCUT2D eigenvalue weighted by molar-refractivity contribution is -0.123. The van der Waals surface area contributed by atoms with Crippen molar-refractivity contribution in [3.05, 3.63) is 84.4 Å². The van der Waals surface area contributed by atoms with Crippen molar-refractivity contribution in [2.24, 2.45) is 0 Å². The number of imidazole rings is 2. The van der Waals surface area contributed by atoms with E-state index in [-0.39, 0.29) is 11.9 Å². The minimum Gasteiger partial charge on any atom is -0.453 e. The number of alkyl carbamates (subject to hydrolysis) is 2. The molecule has 1 fully saturated rings. The van der Waals surface area contributed by atoms with Crippen molar-refractivity contribution in [1.82, 2.24) is 40.8 Å². The third kappa shape index (κ3) is 10.5. The lowest BCUT2D eigenvalue weighted by Gasteiger charge is -2.34. The van der Waals surface area contributed by atoms with Gasteiger partial charge < -0.3 is 50.0 Å². The van der Waals surface area contributed by atoms with Crippen LogP contribution in [0.5, 0.6) is 0 Å². The van der Waals surface area contributed by atoms with Gasteiger partial charge in [0.1, 0.15) is 23.9 Å². The van der Waals surface area contributed by atoms with Crippen LogP contribution in [-0.2, 0) is 30.2 Å². The average molecular weight is 849 g/mol. The molecule has 16 heteroatoms. The number of carbonyl (C=O) groups excluding carboxylic acids is 3. The maximum Gasteiger partial charge on any atom is 0.407 e. The van der Waals surface area contributed by atoms with Gasteiger partial charge in [0, 0.05) is 53.4 Å². The zero-order valence-electron chi connectivity index (χ0n) is 35.7. The highest BCUT2D eigenvalue weighted by Gasteiger charge is 2.37. The third-order valence-electron chi connectivity index (χ3n) is 11.5. The standard InChI is InChI=1S/C46H56N8O8/c1-59-22-18-36(52-45(57)61-3)43(55)47-20-6-5-9-41-48-34-16-14-32(26-38(34)49-41)30-12-10-29-25-31(13-11-28(29)24-30)33-15-17-35-39(27-33)51-42(50-35)40-8-7-21-54(40)44(56)37(19-23-60-2)53-46(58)62-4/h10-17,24-27,36-37,40,44,56H,5-9,18-23H2,1-4H3,(H,47,55)(H,48,49)(H,50,51)(H,52,57)(H,53,58). The number of unbranched alkanes of at least 4 members (excludes halogenated alkanes) is 1. The number of benzene rings is 4. The van der Waals surface area contributed by atoms with E-state index in [1.807, 2.05) is 17.0 Å². The Morgan fingerprint density at radius 2 is 1.35 bits per heavy atom. The summed E-state index contributed by atoms with van der Waals surface area (Å²) in [4.78, 5) is 55.1. The molecule has 1 aliphatic heterocycles. The van der Waals surface area contributed by atoms with E-state index in [0.29, 0.717) is 39.1 Å². The Kier molecular flexibility index (Phi) is 14.7. The summed E-state index contributed by atoms with van der Waals surface area (Å²) in [7, 11) is 5.70. The molecule has 6 aromatic rings. The van der Waals surface area contributed by atoms with Crippen molar-refractivity contribution in [2.45, 2.75) is 69.3 Å². The van der Waals surface area contributed by atoms with E-state index in [1.165, 1.54) is 14.2 Å². The highest BCUT2D eigenvalue weighted by atomic mass is 16.5. The first kappa shape index (κ1) is 44.0. The van der Waals surface area contributed by atoms with Crippen LogP contribution in [0, 0.1) is 0 Å².